The first-order chi connectivity index (χ1) is 5.47. The number of hydrogen-bond donors (Lipinski definition) is 0. The molecule has 6 nitrogen and oxygen atoms in total. The maximum atomic E-state index is 10.5. The van der Waals surface area contributed by atoms with Gasteiger partial charge >= 0.3 is 0 Å². The van der Waals surface area contributed by atoms with Gasteiger partial charge in [0.1, 0.15) is 12.3 Å². The Morgan fingerprint density at radius 1 is 1.67 bits per heavy atom. The molecule has 0 radical (unpaired) electrons. The van der Waals surface area contributed by atoms with Crippen LogP contribution in [0.3, 0.4) is 0 Å². The fourth-order valence-electron chi connectivity index (χ4n) is 0.621. The molecule has 1 heterocycles. The summed E-state index contributed by atoms with van der Waals surface area (Å²) < 4.78 is 25.6. The van der Waals surface area contributed by atoms with Crippen molar-refractivity contribution in [3.8, 4) is 0 Å². The molecule has 0 bridgehead atoms. The molecular weight excluding hydrogens is 182 g/mol. The molecular formula is C5H9N3O3S. The normalized spacial score (nSPS) is 11.8. The van der Waals surface area contributed by atoms with E-state index in [-0.39, 0.29) is 6.61 Å². The summed E-state index contributed by atoms with van der Waals surface area (Å²) in [6, 6.07) is 0. The van der Waals surface area contributed by atoms with E-state index in [4.69, 9.17) is 0 Å². The van der Waals surface area contributed by atoms with Gasteiger partial charge in [0, 0.05) is 7.05 Å². The van der Waals surface area contributed by atoms with Crippen molar-refractivity contribution in [3.63, 3.8) is 0 Å². The molecule has 68 valence electrons. The van der Waals surface area contributed by atoms with Crippen LogP contribution in [0.2, 0.25) is 0 Å². The van der Waals surface area contributed by atoms with E-state index in [1.54, 1.807) is 7.05 Å². The largest absolute Gasteiger partial charge is 0.264 e. The van der Waals surface area contributed by atoms with Gasteiger partial charge in [0.15, 0.2) is 0 Å². The van der Waals surface area contributed by atoms with E-state index in [0.29, 0.717) is 5.69 Å². The lowest BCUT2D eigenvalue weighted by molar-refractivity contribution is 0.306. The van der Waals surface area contributed by atoms with Crippen molar-refractivity contribution in [2.24, 2.45) is 7.05 Å². The molecule has 0 saturated carbocycles. The first-order valence-corrected chi connectivity index (χ1v) is 4.98. The van der Waals surface area contributed by atoms with Gasteiger partial charge in [-0.2, -0.15) is 23.4 Å². The van der Waals surface area contributed by atoms with Crippen LogP contribution in [0.1, 0.15) is 5.69 Å². The van der Waals surface area contributed by atoms with Gasteiger partial charge in [-0.25, -0.2) is 0 Å². The second-order valence-electron chi connectivity index (χ2n) is 2.29. The zero-order valence-electron chi connectivity index (χ0n) is 6.76. The minimum atomic E-state index is -3.39. The van der Waals surface area contributed by atoms with E-state index in [9.17, 15) is 8.42 Å². The van der Waals surface area contributed by atoms with Gasteiger partial charge in [0.25, 0.3) is 10.1 Å². The maximum absolute atomic E-state index is 10.5. The average Bonchev–Trinajstić information content (AvgIpc) is 2.30. The second kappa shape index (κ2) is 3.20. The van der Waals surface area contributed by atoms with Crippen LogP contribution in [0.25, 0.3) is 0 Å². The Morgan fingerprint density at radius 2 is 2.33 bits per heavy atom. The van der Waals surface area contributed by atoms with Crippen molar-refractivity contribution >= 4 is 10.1 Å². The van der Waals surface area contributed by atoms with Gasteiger partial charge in [0.2, 0.25) is 0 Å². The van der Waals surface area contributed by atoms with Crippen molar-refractivity contribution in [2.45, 2.75) is 6.61 Å². The Bertz CT molecular complexity index is 356. The number of hydrogen-bond acceptors (Lipinski definition) is 5. The molecule has 0 unspecified atom stereocenters. The summed E-state index contributed by atoms with van der Waals surface area (Å²) in [4.78, 5) is 1.33. The standard InChI is InChI=1S/C5H9N3O3S/c1-8-6-3-5(7-8)4-11-12(2,9)10/h3H,4H2,1-2H3. The fourth-order valence-corrected chi connectivity index (χ4v) is 0.956. The Kier molecular flexibility index (Phi) is 2.43. The van der Waals surface area contributed by atoms with Crippen molar-refractivity contribution in [2.75, 3.05) is 6.26 Å². The lowest BCUT2D eigenvalue weighted by atomic mass is 10.5. The fraction of sp³-hybridized carbons (Fsp3) is 0.600. The monoisotopic (exact) mass is 191 g/mol. The van der Waals surface area contributed by atoms with Crippen LogP contribution in [0.15, 0.2) is 6.20 Å². The van der Waals surface area contributed by atoms with Crippen molar-refractivity contribution < 1.29 is 12.6 Å². The lowest BCUT2D eigenvalue weighted by Gasteiger charge is -1.95. The minimum absolute atomic E-state index is 0.0628. The van der Waals surface area contributed by atoms with Crippen LogP contribution in [-0.4, -0.2) is 29.7 Å². The summed E-state index contributed by atoms with van der Waals surface area (Å²) in [7, 11) is -1.75. The molecule has 0 atom stereocenters. The molecule has 0 saturated heterocycles. The van der Waals surface area contributed by atoms with Crippen molar-refractivity contribution in [1.82, 2.24) is 15.0 Å². The number of aryl methyl sites for hydroxylation is 1. The van der Waals surface area contributed by atoms with E-state index in [0.717, 1.165) is 6.26 Å². The molecule has 0 amide bonds. The van der Waals surface area contributed by atoms with Gasteiger partial charge in [-0.1, -0.05) is 0 Å². The Morgan fingerprint density at radius 3 is 2.75 bits per heavy atom. The predicted octanol–water partition coefficient (Wildman–Crippen LogP) is -0.709. The van der Waals surface area contributed by atoms with Crippen molar-refractivity contribution in [1.29, 1.82) is 0 Å². The number of rotatable bonds is 3. The molecule has 0 aliphatic carbocycles. The number of aromatic nitrogens is 3. The topological polar surface area (TPSA) is 74.1 Å². The third kappa shape index (κ3) is 2.97. The highest BCUT2D eigenvalue weighted by Gasteiger charge is 2.04. The van der Waals surface area contributed by atoms with Crippen molar-refractivity contribution in [3.05, 3.63) is 11.9 Å². The van der Waals surface area contributed by atoms with Crippen LogP contribution in [-0.2, 0) is 28.0 Å². The summed E-state index contributed by atoms with van der Waals surface area (Å²) in [5.74, 6) is 0. The maximum Gasteiger partial charge on any atom is 0.264 e. The predicted molar refractivity (Wildman–Crippen MR) is 40.6 cm³/mol. The first kappa shape index (κ1) is 9.14. The zero-order valence-corrected chi connectivity index (χ0v) is 7.58. The molecule has 12 heavy (non-hydrogen) atoms. The van der Waals surface area contributed by atoms with Crippen LogP contribution in [0, 0.1) is 0 Å². The van der Waals surface area contributed by atoms with E-state index >= 15 is 0 Å². The summed E-state index contributed by atoms with van der Waals surface area (Å²) >= 11 is 0. The molecule has 0 aliphatic rings. The summed E-state index contributed by atoms with van der Waals surface area (Å²) in [6.45, 7) is -0.0628. The molecule has 0 N–H and O–H groups in total. The van der Waals surface area contributed by atoms with Gasteiger partial charge in [-0.3, -0.25) is 4.18 Å². The van der Waals surface area contributed by atoms with Crippen LogP contribution in [0.4, 0.5) is 0 Å². The third-order valence-corrected chi connectivity index (χ3v) is 1.61. The SMILES string of the molecule is Cn1ncc(COS(C)(=O)=O)n1. The Hall–Kier alpha value is -0.950. The smallest absolute Gasteiger partial charge is 0.264 e. The highest BCUT2D eigenvalue weighted by atomic mass is 32.2. The zero-order chi connectivity index (χ0) is 9.19. The van der Waals surface area contributed by atoms with E-state index in [1.807, 2.05) is 0 Å². The Labute approximate surface area is 70.3 Å². The molecule has 0 fully saturated rings. The average molecular weight is 191 g/mol. The van der Waals surface area contributed by atoms with Gasteiger partial charge in [-0.15, -0.1) is 0 Å². The molecule has 0 aliphatic heterocycles. The molecule has 1 aromatic rings. The lowest BCUT2D eigenvalue weighted by Crippen LogP contribution is -2.03. The first-order valence-electron chi connectivity index (χ1n) is 3.17. The molecule has 0 aromatic carbocycles. The Balaban J connectivity index is 2.55. The van der Waals surface area contributed by atoms with E-state index in [1.165, 1.54) is 11.0 Å². The van der Waals surface area contributed by atoms with E-state index in [2.05, 4.69) is 14.4 Å². The van der Waals surface area contributed by atoms with Crippen LogP contribution in [0.5, 0.6) is 0 Å². The molecule has 1 aromatic heterocycles. The van der Waals surface area contributed by atoms with E-state index < -0.39 is 10.1 Å². The summed E-state index contributed by atoms with van der Waals surface area (Å²) in [5, 5.41) is 7.58. The highest BCUT2D eigenvalue weighted by Crippen LogP contribution is 1.97. The van der Waals surface area contributed by atoms with Gasteiger partial charge < -0.3 is 0 Å². The van der Waals surface area contributed by atoms with Gasteiger partial charge in [-0.05, 0) is 0 Å². The third-order valence-electron chi connectivity index (χ3n) is 1.07. The number of nitrogens with zero attached hydrogens (tertiary/aromatic N) is 3. The molecule has 7 heteroatoms. The molecule has 0 spiro atoms. The highest BCUT2D eigenvalue weighted by molar-refractivity contribution is 7.85. The van der Waals surface area contributed by atoms with Crippen LogP contribution >= 0.6 is 0 Å². The summed E-state index contributed by atoms with van der Waals surface area (Å²) in [5.41, 5.74) is 0.489. The van der Waals surface area contributed by atoms with Gasteiger partial charge in [0.05, 0.1) is 12.5 Å². The minimum Gasteiger partial charge on any atom is -0.264 e. The molecule has 1 rings (SSSR count). The summed E-state index contributed by atoms with van der Waals surface area (Å²) in [6.07, 6.45) is 2.44. The van der Waals surface area contributed by atoms with Crippen LogP contribution < -0.4 is 0 Å². The quantitative estimate of drug-likeness (QED) is 0.590. The second-order valence-corrected chi connectivity index (χ2v) is 3.94.